The molecular weight excluding hydrogens is 376 g/mol. The number of aromatic amines is 1. The topological polar surface area (TPSA) is 89.9 Å². The first-order valence-electron chi connectivity index (χ1n) is 8.79. The van der Waals surface area contributed by atoms with Crippen molar-refractivity contribution in [2.45, 2.75) is 38.1 Å². The van der Waals surface area contributed by atoms with Gasteiger partial charge < -0.3 is 9.72 Å². The Morgan fingerprint density at radius 2 is 2.04 bits per heavy atom. The largest absolute Gasteiger partial charge is 0.497 e. The Labute approximate surface area is 167 Å². The lowest BCUT2D eigenvalue weighted by Gasteiger charge is -2.12. The first kappa shape index (κ1) is 19.9. The third-order valence-corrected chi connectivity index (χ3v) is 5.59. The summed E-state index contributed by atoms with van der Waals surface area (Å²) in [4.78, 5) is 27.9. The highest BCUT2D eigenvalue weighted by molar-refractivity contribution is 8.00. The quantitative estimate of drug-likeness (QED) is 0.481. The molecule has 2 heterocycles. The van der Waals surface area contributed by atoms with Crippen LogP contribution in [0.5, 0.6) is 5.75 Å². The van der Waals surface area contributed by atoms with Crippen LogP contribution in [0.25, 0.3) is 5.69 Å². The fourth-order valence-electron chi connectivity index (χ4n) is 3.18. The number of thioether (sulfide) groups is 1. The molecule has 0 unspecified atom stereocenters. The van der Waals surface area contributed by atoms with Crippen molar-refractivity contribution in [3.05, 3.63) is 53.1 Å². The van der Waals surface area contributed by atoms with Crippen molar-refractivity contribution in [1.82, 2.24) is 19.7 Å². The van der Waals surface area contributed by atoms with Crippen molar-refractivity contribution >= 4 is 23.3 Å². The van der Waals surface area contributed by atoms with E-state index in [-0.39, 0.29) is 11.6 Å². The van der Waals surface area contributed by atoms with Gasteiger partial charge >= 0.3 is 0 Å². The lowest BCUT2D eigenvalue weighted by atomic mass is 10.0. The minimum Gasteiger partial charge on any atom is -0.497 e. The Balaban J connectivity index is 1.86. The average molecular weight is 398 g/mol. The van der Waals surface area contributed by atoms with Crippen molar-refractivity contribution < 1.29 is 14.3 Å². The maximum atomic E-state index is 13.0. The molecule has 0 spiro atoms. The zero-order valence-corrected chi connectivity index (χ0v) is 17.3. The van der Waals surface area contributed by atoms with Crippen molar-refractivity contribution in [3.8, 4) is 11.4 Å². The van der Waals surface area contributed by atoms with Crippen LogP contribution in [0.4, 0.5) is 0 Å². The fraction of sp³-hybridized carbons (Fsp3) is 0.300. The third kappa shape index (κ3) is 3.73. The van der Waals surface area contributed by atoms with Crippen molar-refractivity contribution in [1.29, 1.82) is 0 Å². The molecule has 0 bridgehead atoms. The molecule has 2 aromatic heterocycles. The predicted octanol–water partition coefficient (Wildman–Crippen LogP) is 3.79. The Hall–Kier alpha value is -2.87. The molecule has 1 N–H and O–H groups in total. The molecule has 0 radical (unpaired) electrons. The molecule has 0 aliphatic heterocycles. The van der Waals surface area contributed by atoms with E-state index < -0.39 is 5.25 Å². The minimum absolute atomic E-state index is 0.0524. The second kappa shape index (κ2) is 8.02. The molecule has 0 saturated carbocycles. The van der Waals surface area contributed by atoms with Crippen LogP contribution in [0.1, 0.15) is 46.0 Å². The zero-order valence-electron chi connectivity index (χ0n) is 16.4. The summed E-state index contributed by atoms with van der Waals surface area (Å²) >= 11 is 1.31. The zero-order chi connectivity index (χ0) is 20.4. The molecule has 28 heavy (non-hydrogen) atoms. The van der Waals surface area contributed by atoms with E-state index in [9.17, 15) is 9.59 Å². The van der Waals surface area contributed by atoms with Gasteiger partial charge in [-0.2, -0.15) is 0 Å². The van der Waals surface area contributed by atoms with E-state index in [1.807, 2.05) is 35.8 Å². The van der Waals surface area contributed by atoms with Gasteiger partial charge in [-0.3, -0.25) is 14.2 Å². The van der Waals surface area contributed by atoms with Crippen LogP contribution >= 0.6 is 11.8 Å². The summed E-state index contributed by atoms with van der Waals surface area (Å²) in [6.45, 7) is 6.92. The summed E-state index contributed by atoms with van der Waals surface area (Å²) in [7, 11) is 1.61. The molecule has 1 aromatic carbocycles. The molecule has 0 saturated heterocycles. The van der Waals surface area contributed by atoms with E-state index in [2.05, 4.69) is 15.2 Å². The number of ether oxygens (including phenoxy) is 1. The number of aromatic nitrogens is 4. The average Bonchev–Trinajstić information content (AvgIpc) is 3.24. The van der Waals surface area contributed by atoms with Crippen LogP contribution in [-0.4, -0.2) is 43.7 Å². The molecule has 7 nitrogen and oxygen atoms in total. The van der Waals surface area contributed by atoms with E-state index in [1.165, 1.54) is 18.7 Å². The van der Waals surface area contributed by atoms with Gasteiger partial charge in [0, 0.05) is 17.3 Å². The normalized spacial score (nSPS) is 12.0. The summed E-state index contributed by atoms with van der Waals surface area (Å²) in [5.74, 6) is 0.585. The highest BCUT2D eigenvalue weighted by Gasteiger charge is 2.25. The molecule has 0 amide bonds. The van der Waals surface area contributed by atoms with Crippen LogP contribution < -0.4 is 4.74 Å². The Kier molecular flexibility index (Phi) is 5.69. The number of hydrogen-bond donors (Lipinski definition) is 1. The maximum Gasteiger partial charge on any atom is 0.196 e. The molecular formula is C20H22N4O3S. The lowest BCUT2D eigenvalue weighted by Crippen LogP contribution is -2.16. The summed E-state index contributed by atoms with van der Waals surface area (Å²) in [6.07, 6.45) is 1.60. The number of carbonyl (C=O) groups excluding carboxylic acids is 2. The number of nitrogens with one attached hydrogen (secondary N) is 1. The number of aryl methyl sites for hydroxylation is 1. The Morgan fingerprint density at radius 1 is 1.29 bits per heavy atom. The van der Waals surface area contributed by atoms with E-state index in [1.54, 1.807) is 27.3 Å². The van der Waals surface area contributed by atoms with Crippen molar-refractivity contribution in [3.63, 3.8) is 0 Å². The molecule has 1 atom stereocenters. The van der Waals surface area contributed by atoms with Gasteiger partial charge in [0.05, 0.1) is 23.7 Å². The SMILES string of the molecule is COc1cccc(-n2cnnc2S[C@H](C)C(=O)c2[nH]c(C)c(C(C)=O)c2C)c1. The van der Waals surface area contributed by atoms with E-state index in [4.69, 9.17) is 4.74 Å². The summed E-state index contributed by atoms with van der Waals surface area (Å²) < 4.78 is 7.08. The van der Waals surface area contributed by atoms with Gasteiger partial charge in [-0.25, -0.2) is 0 Å². The van der Waals surface area contributed by atoms with Crippen LogP contribution in [-0.2, 0) is 0 Å². The lowest BCUT2D eigenvalue weighted by molar-refractivity contribution is 0.0988. The van der Waals surface area contributed by atoms with Crippen molar-refractivity contribution in [2.24, 2.45) is 0 Å². The van der Waals surface area contributed by atoms with Crippen LogP contribution in [0, 0.1) is 13.8 Å². The number of benzene rings is 1. The maximum absolute atomic E-state index is 13.0. The molecule has 8 heteroatoms. The third-order valence-electron chi connectivity index (χ3n) is 4.54. The Bertz CT molecular complexity index is 1040. The molecule has 0 aliphatic carbocycles. The van der Waals surface area contributed by atoms with Crippen LogP contribution in [0.15, 0.2) is 35.7 Å². The molecule has 146 valence electrons. The highest BCUT2D eigenvalue weighted by atomic mass is 32.2. The smallest absolute Gasteiger partial charge is 0.196 e. The van der Waals surface area contributed by atoms with Crippen LogP contribution in [0.3, 0.4) is 0 Å². The van der Waals surface area contributed by atoms with Gasteiger partial charge in [0.1, 0.15) is 12.1 Å². The molecule has 0 fully saturated rings. The summed E-state index contributed by atoms with van der Waals surface area (Å²) in [5, 5.41) is 8.33. The summed E-state index contributed by atoms with van der Waals surface area (Å²) in [6, 6.07) is 7.53. The first-order valence-corrected chi connectivity index (χ1v) is 9.66. The highest BCUT2D eigenvalue weighted by Crippen LogP contribution is 2.29. The number of Topliss-reactive ketones (excluding diaryl/α,β-unsaturated/α-hetero) is 2. The monoisotopic (exact) mass is 398 g/mol. The predicted molar refractivity (Wildman–Crippen MR) is 108 cm³/mol. The standard InChI is InChI=1S/C20H22N4O3S/c1-11-17(13(3)25)12(2)22-18(11)19(26)14(4)28-20-23-21-10-24(20)15-7-6-8-16(9-15)27-5/h6-10,14,22H,1-5H3/t14-/m1/s1. The van der Waals surface area contributed by atoms with Crippen molar-refractivity contribution in [2.75, 3.05) is 7.11 Å². The first-order chi connectivity index (χ1) is 13.3. The minimum atomic E-state index is -0.412. The number of nitrogens with zero attached hydrogens (tertiary/aromatic N) is 3. The van der Waals surface area contributed by atoms with E-state index >= 15 is 0 Å². The number of methoxy groups -OCH3 is 1. The second-order valence-electron chi connectivity index (χ2n) is 6.49. The Morgan fingerprint density at radius 3 is 2.68 bits per heavy atom. The van der Waals surface area contributed by atoms with E-state index in [0.29, 0.717) is 27.7 Å². The van der Waals surface area contributed by atoms with Gasteiger partial charge in [0.25, 0.3) is 0 Å². The number of rotatable bonds is 7. The van der Waals surface area contributed by atoms with E-state index in [0.717, 1.165) is 11.4 Å². The molecule has 3 rings (SSSR count). The van der Waals surface area contributed by atoms with Crippen LogP contribution in [0.2, 0.25) is 0 Å². The second-order valence-corrected chi connectivity index (χ2v) is 7.80. The number of H-pyrrole nitrogens is 1. The molecule has 3 aromatic rings. The van der Waals surface area contributed by atoms with Gasteiger partial charge in [-0.05, 0) is 45.4 Å². The number of hydrogen-bond acceptors (Lipinski definition) is 6. The summed E-state index contributed by atoms with van der Waals surface area (Å²) in [5.41, 5.74) is 3.30. The van der Waals surface area contributed by atoms with Gasteiger partial charge in [-0.1, -0.05) is 17.8 Å². The van der Waals surface area contributed by atoms with Gasteiger partial charge in [0.2, 0.25) is 0 Å². The number of carbonyl (C=O) groups is 2. The number of ketones is 2. The van der Waals surface area contributed by atoms with Gasteiger partial charge in [0.15, 0.2) is 16.7 Å². The van der Waals surface area contributed by atoms with Gasteiger partial charge in [-0.15, -0.1) is 10.2 Å². The molecule has 0 aliphatic rings. The fourth-order valence-corrected chi connectivity index (χ4v) is 4.08.